The summed E-state index contributed by atoms with van der Waals surface area (Å²) in [4.78, 5) is 26.8. The quantitative estimate of drug-likeness (QED) is 0.687. The highest BCUT2D eigenvalue weighted by Gasteiger charge is 2.24. The van der Waals surface area contributed by atoms with Crippen molar-refractivity contribution in [1.82, 2.24) is 14.9 Å². The fraction of sp³-hybridized carbons (Fsp3) is 0.158. The summed E-state index contributed by atoms with van der Waals surface area (Å²) in [6.45, 7) is 2.09. The Labute approximate surface area is 165 Å². The van der Waals surface area contributed by atoms with Crippen LogP contribution in [0.4, 0.5) is 5.69 Å². The summed E-state index contributed by atoms with van der Waals surface area (Å²) in [6.07, 6.45) is 0. The highest BCUT2D eigenvalue weighted by molar-refractivity contribution is 7.03. The lowest BCUT2D eigenvalue weighted by Gasteiger charge is -2.23. The smallest absolute Gasteiger partial charge is 0.280 e. The van der Waals surface area contributed by atoms with Gasteiger partial charge in [-0.05, 0) is 41.7 Å². The number of amides is 2. The first kappa shape index (κ1) is 19.0. The number of hydrogen-bond acceptors (Lipinski definition) is 5. The van der Waals surface area contributed by atoms with Gasteiger partial charge in [0.05, 0.1) is 0 Å². The molecule has 0 saturated carbocycles. The number of halogens is 1. The molecule has 1 heterocycles. The number of hydrogen-bond donors (Lipinski definition) is 1. The lowest BCUT2D eigenvalue weighted by atomic mass is 10.1. The zero-order chi connectivity index (χ0) is 19.2. The molecule has 138 valence electrons. The molecule has 2 aromatic carbocycles. The van der Waals surface area contributed by atoms with Gasteiger partial charge >= 0.3 is 0 Å². The van der Waals surface area contributed by atoms with E-state index in [0.29, 0.717) is 17.3 Å². The lowest BCUT2D eigenvalue weighted by Crippen LogP contribution is -2.41. The molecule has 0 aliphatic rings. The second kappa shape index (κ2) is 8.75. The van der Waals surface area contributed by atoms with Crippen molar-refractivity contribution >= 4 is 40.6 Å². The van der Waals surface area contributed by atoms with E-state index in [2.05, 4.69) is 14.9 Å². The van der Waals surface area contributed by atoms with E-state index in [1.165, 1.54) is 4.90 Å². The molecule has 2 amide bonds. The Morgan fingerprint density at radius 1 is 1.19 bits per heavy atom. The summed E-state index contributed by atoms with van der Waals surface area (Å²) < 4.78 is 3.73. The third-order valence-electron chi connectivity index (χ3n) is 3.92. The largest absolute Gasteiger partial charge is 0.350 e. The minimum absolute atomic E-state index is 0.148. The van der Waals surface area contributed by atoms with Crippen molar-refractivity contribution in [2.24, 2.45) is 0 Å². The van der Waals surface area contributed by atoms with Gasteiger partial charge in [0.1, 0.15) is 6.54 Å². The SMILES string of the molecule is Cc1ccc(Cl)cc1N(CC(=O)NCc1ccccc1)C(=O)c1csnn1. The van der Waals surface area contributed by atoms with Gasteiger partial charge in [0.25, 0.3) is 5.91 Å². The van der Waals surface area contributed by atoms with Crippen LogP contribution in [0.25, 0.3) is 0 Å². The first-order valence-corrected chi connectivity index (χ1v) is 9.42. The van der Waals surface area contributed by atoms with Gasteiger partial charge in [0.2, 0.25) is 5.91 Å². The Kier molecular flexibility index (Phi) is 6.16. The van der Waals surface area contributed by atoms with E-state index in [-0.39, 0.29) is 18.1 Å². The molecule has 0 fully saturated rings. The van der Waals surface area contributed by atoms with Crippen LogP contribution in [0.3, 0.4) is 0 Å². The number of aryl methyl sites for hydroxylation is 1. The summed E-state index contributed by atoms with van der Waals surface area (Å²) in [7, 11) is 0. The Morgan fingerprint density at radius 3 is 2.67 bits per heavy atom. The monoisotopic (exact) mass is 400 g/mol. The maximum Gasteiger partial charge on any atom is 0.280 e. The number of benzene rings is 2. The first-order valence-electron chi connectivity index (χ1n) is 8.20. The van der Waals surface area contributed by atoms with Crippen molar-refractivity contribution in [3.05, 3.63) is 75.8 Å². The molecule has 1 aromatic heterocycles. The Bertz CT molecular complexity index is 932. The van der Waals surface area contributed by atoms with Crippen LogP contribution in [-0.2, 0) is 11.3 Å². The molecular weight excluding hydrogens is 384 g/mol. The van der Waals surface area contributed by atoms with Gasteiger partial charge in [-0.3, -0.25) is 14.5 Å². The summed E-state index contributed by atoms with van der Waals surface area (Å²) in [5.41, 5.74) is 2.56. The number of nitrogens with zero attached hydrogens (tertiary/aromatic N) is 3. The molecule has 3 aromatic rings. The number of aromatic nitrogens is 2. The van der Waals surface area contributed by atoms with Gasteiger partial charge < -0.3 is 5.32 Å². The fourth-order valence-electron chi connectivity index (χ4n) is 2.53. The van der Waals surface area contributed by atoms with Gasteiger partial charge in [0.15, 0.2) is 5.69 Å². The maximum absolute atomic E-state index is 12.9. The third-order valence-corrected chi connectivity index (χ3v) is 4.66. The van der Waals surface area contributed by atoms with E-state index >= 15 is 0 Å². The normalized spacial score (nSPS) is 10.4. The summed E-state index contributed by atoms with van der Waals surface area (Å²) in [5, 5.41) is 8.70. The molecule has 0 unspecified atom stereocenters. The predicted molar refractivity (Wildman–Crippen MR) is 106 cm³/mol. The van der Waals surface area contributed by atoms with E-state index < -0.39 is 5.91 Å². The van der Waals surface area contributed by atoms with Crippen LogP contribution in [0.1, 0.15) is 21.6 Å². The molecule has 6 nitrogen and oxygen atoms in total. The molecule has 0 atom stereocenters. The molecule has 3 rings (SSSR count). The highest BCUT2D eigenvalue weighted by Crippen LogP contribution is 2.25. The Balaban J connectivity index is 1.80. The average Bonchev–Trinajstić information content (AvgIpc) is 3.22. The molecular formula is C19H17ClN4O2S. The van der Waals surface area contributed by atoms with Gasteiger partial charge in [0, 0.05) is 22.6 Å². The number of carbonyl (C=O) groups excluding carboxylic acids is 2. The number of nitrogens with one attached hydrogen (secondary N) is 1. The van der Waals surface area contributed by atoms with E-state index in [1.54, 1.807) is 23.6 Å². The van der Waals surface area contributed by atoms with Crippen LogP contribution in [0.2, 0.25) is 5.02 Å². The molecule has 0 saturated heterocycles. The topological polar surface area (TPSA) is 75.2 Å². The molecule has 27 heavy (non-hydrogen) atoms. The van der Waals surface area contributed by atoms with E-state index in [1.807, 2.05) is 37.3 Å². The second-order valence-corrected chi connectivity index (χ2v) is 6.92. The van der Waals surface area contributed by atoms with Crippen molar-refractivity contribution in [2.45, 2.75) is 13.5 Å². The summed E-state index contributed by atoms with van der Waals surface area (Å²) in [5.74, 6) is -0.682. The van der Waals surface area contributed by atoms with Gasteiger partial charge in [-0.15, -0.1) is 5.10 Å². The molecule has 8 heteroatoms. The van der Waals surface area contributed by atoms with Crippen molar-refractivity contribution < 1.29 is 9.59 Å². The summed E-state index contributed by atoms with van der Waals surface area (Å²) >= 11 is 7.18. The molecule has 0 aliphatic heterocycles. The minimum atomic E-state index is -0.399. The van der Waals surface area contributed by atoms with Crippen LogP contribution in [0.5, 0.6) is 0 Å². The molecule has 1 N–H and O–H groups in total. The standard InChI is InChI=1S/C19H17ClN4O2S/c1-13-7-8-15(20)9-17(13)24(19(26)16-12-27-23-22-16)11-18(25)21-10-14-5-3-2-4-6-14/h2-9,12H,10-11H2,1H3,(H,21,25). The van der Waals surface area contributed by atoms with Crippen LogP contribution in [-0.4, -0.2) is 27.9 Å². The lowest BCUT2D eigenvalue weighted by molar-refractivity contribution is -0.119. The second-order valence-electron chi connectivity index (χ2n) is 5.87. The van der Waals surface area contributed by atoms with Gasteiger partial charge in [-0.1, -0.05) is 52.5 Å². The first-order chi connectivity index (χ1) is 13.0. The number of rotatable bonds is 6. The van der Waals surface area contributed by atoms with E-state index in [4.69, 9.17) is 11.6 Å². The van der Waals surface area contributed by atoms with Crippen LogP contribution in [0.15, 0.2) is 53.9 Å². The predicted octanol–water partition coefficient (Wildman–Crippen LogP) is 3.46. The third kappa shape index (κ3) is 4.90. The van der Waals surface area contributed by atoms with Crippen LogP contribution >= 0.6 is 23.1 Å². The Hall–Kier alpha value is -2.77. The highest BCUT2D eigenvalue weighted by atomic mass is 35.5. The van der Waals surface area contributed by atoms with Crippen LogP contribution in [0, 0.1) is 6.92 Å². The molecule has 0 radical (unpaired) electrons. The number of anilines is 1. The molecule has 0 aliphatic carbocycles. The van der Waals surface area contributed by atoms with Gasteiger partial charge in [-0.2, -0.15) is 0 Å². The minimum Gasteiger partial charge on any atom is -0.350 e. The maximum atomic E-state index is 12.9. The van der Waals surface area contributed by atoms with E-state index in [0.717, 1.165) is 22.7 Å². The van der Waals surface area contributed by atoms with Crippen molar-refractivity contribution in [2.75, 3.05) is 11.4 Å². The Morgan fingerprint density at radius 2 is 1.96 bits per heavy atom. The van der Waals surface area contributed by atoms with Crippen molar-refractivity contribution in [3.63, 3.8) is 0 Å². The van der Waals surface area contributed by atoms with E-state index in [9.17, 15) is 9.59 Å². The average molecular weight is 401 g/mol. The fourth-order valence-corrected chi connectivity index (χ4v) is 3.13. The summed E-state index contributed by atoms with van der Waals surface area (Å²) in [6, 6.07) is 14.8. The molecule has 0 spiro atoms. The molecule has 0 bridgehead atoms. The zero-order valence-electron chi connectivity index (χ0n) is 14.6. The van der Waals surface area contributed by atoms with Gasteiger partial charge in [-0.25, -0.2) is 0 Å². The van der Waals surface area contributed by atoms with Crippen LogP contribution < -0.4 is 10.2 Å². The number of carbonyl (C=O) groups is 2. The van der Waals surface area contributed by atoms with Crippen molar-refractivity contribution in [1.29, 1.82) is 0 Å². The zero-order valence-corrected chi connectivity index (χ0v) is 16.1. The van der Waals surface area contributed by atoms with Crippen molar-refractivity contribution in [3.8, 4) is 0 Å².